The number of aromatic nitrogens is 2. The number of amides is 1. The molecule has 0 atom stereocenters. The van der Waals surface area contributed by atoms with Gasteiger partial charge in [-0.1, -0.05) is 30.3 Å². The van der Waals surface area contributed by atoms with Crippen molar-refractivity contribution in [3.05, 3.63) is 70.4 Å². The summed E-state index contributed by atoms with van der Waals surface area (Å²) in [5.74, 6) is 0.115. The molecule has 10 heteroatoms. The molecule has 1 aromatic carbocycles. The van der Waals surface area contributed by atoms with E-state index in [9.17, 15) is 19.7 Å². The van der Waals surface area contributed by atoms with E-state index >= 15 is 0 Å². The second-order valence-electron chi connectivity index (χ2n) is 9.86. The van der Waals surface area contributed by atoms with E-state index < -0.39 is 4.92 Å². The van der Waals surface area contributed by atoms with Crippen LogP contribution in [0.1, 0.15) is 31.4 Å². The van der Waals surface area contributed by atoms with Crippen LogP contribution in [0.15, 0.2) is 54.6 Å². The number of pyridine rings is 2. The molecule has 1 amide bonds. The number of esters is 1. The second kappa shape index (κ2) is 9.61. The van der Waals surface area contributed by atoms with E-state index in [1.807, 2.05) is 30.3 Å². The van der Waals surface area contributed by atoms with Crippen LogP contribution < -0.4 is 10.6 Å². The average molecular weight is 502 g/mol. The zero-order valence-electron chi connectivity index (χ0n) is 20.6. The lowest BCUT2D eigenvalue weighted by Crippen LogP contribution is -2.52. The summed E-state index contributed by atoms with van der Waals surface area (Å²) < 4.78 is 4.80. The molecule has 0 unspecified atom stereocenters. The van der Waals surface area contributed by atoms with Crippen molar-refractivity contribution in [2.24, 2.45) is 17.3 Å². The largest absolute Gasteiger partial charge is 0.469 e. The monoisotopic (exact) mass is 501 g/mol. The smallest absolute Gasteiger partial charge is 0.311 e. The molecule has 2 aliphatic rings. The molecule has 5 rings (SSSR count). The topological polar surface area (TPSA) is 136 Å². The number of nitrogens with one attached hydrogen (secondary N) is 2. The Labute approximate surface area is 213 Å². The van der Waals surface area contributed by atoms with Gasteiger partial charge in [0.25, 0.3) is 0 Å². The van der Waals surface area contributed by atoms with Crippen molar-refractivity contribution in [1.82, 2.24) is 9.97 Å². The van der Waals surface area contributed by atoms with E-state index in [0.29, 0.717) is 22.9 Å². The number of hydrogen-bond acceptors (Lipinski definition) is 8. The first kappa shape index (κ1) is 24.4. The third kappa shape index (κ3) is 4.87. The summed E-state index contributed by atoms with van der Waals surface area (Å²) in [6, 6.07) is 15.8. The predicted molar refractivity (Wildman–Crippen MR) is 137 cm³/mol. The van der Waals surface area contributed by atoms with E-state index in [4.69, 9.17) is 4.74 Å². The highest BCUT2D eigenvalue weighted by Crippen LogP contribution is 2.61. The maximum Gasteiger partial charge on any atom is 0.311 e. The summed E-state index contributed by atoms with van der Waals surface area (Å²) in [6.07, 6.45) is 3.09. The van der Waals surface area contributed by atoms with Crippen LogP contribution in [0.5, 0.6) is 0 Å². The summed E-state index contributed by atoms with van der Waals surface area (Å²) in [5.41, 5.74) is 2.49. The molecule has 2 aromatic heterocycles. The number of carbonyl (C=O) groups is 2. The fraction of sp³-hybridized carbons (Fsp3) is 0.333. The summed E-state index contributed by atoms with van der Waals surface area (Å²) in [6.45, 7) is 1.75. The van der Waals surface area contributed by atoms with Gasteiger partial charge < -0.3 is 15.4 Å². The average Bonchev–Trinajstić information content (AvgIpc) is 2.84. The molecule has 0 saturated heterocycles. The molecule has 2 aliphatic carbocycles. The molecule has 37 heavy (non-hydrogen) atoms. The van der Waals surface area contributed by atoms with Crippen LogP contribution in [-0.4, -0.2) is 33.9 Å². The van der Waals surface area contributed by atoms with Gasteiger partial charge in [-0.25, -0.2) is 9.97 Å². The number of anilines is 3. The van der Waals surface area contributed by atoms with Crippen LogP contribution >= 0.6 is 0 Å². The van der Waals surface area contributed by atoms with E-state index in [0.717, 1.165) is 31.2 Å². The number of nitro groups is 1. The fourth-order valence-electron chi connectivity index (χ4n) is 5.40. The molecule has 2 N–H and O–H groups in total. The summed E-state index contributed by atoms with van der Waals surface area (Å²) in [4.78, 5) is 44.4. The maximum atomic E-state index is 12.7. The van der Waals surface area contributed by atoms with Crippen molar-refractivity contribution in [2.45, 2.75) is 32.6 Å². The predicted octanol–water partition coefficient (Wildman–Crippen LogP) is 5.02. The van der Waals surface area contributed by atoms with E-state index in [-0.39, 0.29) is 40.6 Å². The van der Waals surface area contributed by atoms with Gasteiger partial charge in [-0.2, -0.15) is 0 Å². The number of rotatable bonds is 7. The summed E-state index contributed by atoms with van der Waals surface area (Å²) >= 11 is 0. The van der Waals surface area contributed by atoms with Gasteiger partial charge in [-0.15, -0.1) is 0 Å². The van der Waals surface area contributed by atoms with E-state index in [2.05, 4.69) is 20.6 Å². The first-order chi connectivity index (χ1) is 17.8. The molecule has 190 valence electrons. The Morgan fingerprint density at radius 2 is 1.70 bits per heavy atom. The molecule has 0 radical (unpaired) electrons. The molecular weight excluding hydrogens is 474 g/mol. The minimum Gasteiger partial charge on any atom is -0.469 e. The maximum absolute atomic E-state index is 12.7. The van der Waals surface area contributed by atoms with Gasteiger partial charge in [0.15, 0.2) is 0 Å². The molecular formula is C27H27N5O5. The van der Waals surface area contributed by atoms with Gasteiger partial charge in [0.1, 0.15) is 5.82 Å². The van der Waals surface area contributed by atoms with Gasteiger partial charge in [-0.3, -0.25) is 19.7 Å². The van der Waals surface area contributed by atoms with Gasteiger partial charge in [-0.05, 0) is 56.2 Å². The van der Waals surface area contributed by atoms with Crippen LogP contribution in [0.3, 0.4) is 0 Å². The number of hydrogen-bond donors (Lipinski definition) is 2. The second-order valence-corrected chi connectivity index (χ2v) is 9.86. The first-order valence-corrected chi connectivity index (χ1v) is 12.1. The quantitative estimate of drug-likeness (QED) is 0.262. The lowest BCUT2D eigenvalue weighted by atomic mass is 9.48. The van der Waals surface area contributed by atoms with Gasteiger partial charge in [0.05, 0.1) is 35.0 Å². The first-order valence-electron chi connectivity index (χ1n) is 12.1. The van der Waals surface area contributed by atoms with Gasteiger partial charge in [0, 0.05) is 17.5 Å². The van der Waals surface area contributed by atoms with E-state index in [1.54, 1.807) is 25.1 Å². The molecule has 2 heterocycles. The Morgan fingerprint density at radius 3 is 2.35 bits per heavy atom. The number of ether oxygens (including phenoxy) is 1. The standard InChI is InChI=1S/C27H27N5O5/c1-16-20(29-24-22(32(35)36)10-8-21(30-24)17-6-4-3-5-7-17)9-11-23(28-16)31-25(33)18-12-27(13-18)14-19(15-27)26(34)37-2/h3-11,18-19H,12-15H2,1-2H3,(H,29,30)(H,28,31,33). The molecule has 10 nitrogen and oxygen atoms in total. The third-order valence-electron chi connectivity index (χ3n) is 7.35. The Hall–Kier alpha value is -4.34. The highest BCUT2D eigenvalue weighted by atomic mass is 16.6. The van der Waals surface area contributed by atoms with Crippen LogP contribution in [0.25, 0.3) is 11.3 Å². The summed E-state index contributed by atoms with van der Waals surface area (Å²) in [5, 5.41) is 17.5. The molecule has 1 spiro atoms. The normalized spacial score (nSPS) is 21.9. The minimum absolute atomic E-state index is 0.0444. The summed E-state index contributed by atoms with van der Waals surface area (Å²) in [7, 11) is 1.40. The number of nitrogens with zero attached hydrogens (tertiary/aromatic N) is 3. The van der Waals surface area contributed by atoms with Crippen molar-refractivity contribution in [3.8, 4) is 11.3 Å². The molecule has 0 bridgehead atoms. The van der Waals surface area contributed by atoms with Crippen molar-refractivity contribution in [1.29, 1.82) is 0 Å². The lowest BCUT2D eigenvalue weighted by Gasteiger charge is -2.56. The van der Waals surface area contributed by atoms with Gasteiger partial charge in [0.2, 0.25) is 11.7 Å². The van der Waals surface area contributed by atoms with Crippen molar-refractivity contribution in [3.63, 3.8) is 0 Å². The molecule has 2 fully saturated rings. The number of benzene rings is 1. The van der Waals surface area contributed by atoms with Gasteiger partial charge >= 0.3 is 11.7 Å². The zero-order valence-corrected chi connectivity index (χ0v) is 20.6. The Balaban J connectivity index is 1.24. The van der Waals surface area contributed by atoms with E-state index in [1.165, 1.54) is 13.2 Å². The van der Waals surface area contributed by atoms with Crippen LogP contribution in [0.2, 0.25) is 0 Å². The van der Waals surface area contributed by atoms with Crippen molar-refractivity contribution in [2.75, 3.05) is 17.7 Å². The Kier molecular flexibility index (Phi) is 6.32. The number of methoxy groups -OCH3 is 1. The third-order valence-corrected chi connectivity index (χ3v) is 7.35. The number of aryl methyl sites for hydroxylation is 1. The Morgan fingerprint density at radius 1 is 1.00 bits per heavy atom. The Bertz CT molecular complexity index is 1360. The number of carbonyl (C=O) groups excluding carboxylic acids is 2. The van der Waals surface area contributed by atoms with Crippen LogP contribution in [0.4, 0.5) is 23.0 Å². The molecule has 2 saturated carbocycles. The SMILES string of the molecule is COC(=O)C1CC2(CC(C(=O)Nc3ccc(Nc4nc(-c5ccccc5)ccc4[N+](=O)[O-])c(C)n3)C2)C1. The van der Waals surface area contributed by atoms with Crippen LogP contribution in [0, 0.1) is 34.3 Å². The zero-order chi connectivity index (χ0) is 26.2. The van der Waals surface area contributed by atoms with Crippen molar-refractivity contribution >= 4 is 34.9 Å². The van der Waals surface area contributed by atoms with Crippen LogP contribution in [-0.2, 0) is 14.3 Å². The highest BCUT2D eigenvalue weighted by molar-refractivity contribution is 5.92. The van der Waals surface area contributed by atoms with Crippen molar-refractivity contribution < 1.29 is 19.2 Å². The molecule has 0 aliphatic heterocycles. The minimum atomic E-state index is -0.484. The lowest BCUT2D eigenvalue weighted by molar-refractivity contribution is -0.384. The molecule has 3 aromatic rings. The highest BCUT2D eigenvalue weighted by Gasteiger charge is 2.56. The fourth-order valence-corrected chi connectivity index (χ4v) is 5.40.